The Morgan fingerprint density at radius 2 is 2.10 bits per heavy atom. The van der Waals surface area contributed by atoms with Crippen LogP contribution in [0.15, 0.2) is 29.2 Å². The molecule has 114 valence electrons. The molecule has 1 unspecified atom stereocenters. The Morgan fingerprint density at radius 1 is 1.38 bits per heavy atom. The van der Waals surface area contributed by atoms with Gasteiger partial charge in [0.05, 0.1) is 5.25 Å². The maximum Gasteiger partial charge on any atom is 0.303 e. The number of hydrogen-bond acceptors (Lipinski definition) is 3. The van der Waals surface area contributed by atoms with Crippen LogP contribution in [0.3, 0.4) is 0 Å². The Hall–Kier alpha value is -1.49. The van der Waals surface area contributed by atoms with Crippen LogP contribution in [0.1, 0.15) is 32.3 Å². The first-order valence-corrected chi connectivity index (χ1v) is 8.14. The van der Waals surface area contributed by atoms with Gasteiger partial charge in [0.15, 0.2) is 0 Å². The number of hydrogen-bond donors (Lipinski definition) is 1. The summed E-state index contributed by atoms with van der Waals surface area (Å²) in [7, 11) is 0. The molecule has 0 fully saturated rings. The van der Waals surface area contributed by atoms with Gasteiger partial charge < -0.3 is 10.0 Å². The quantitative estimate of drug-likeness (QED) is 0.878. The largest absolute Gasteiger partial charge is 0.481 e. The van der Waals surface area contributed by atoms with Gasteiger partial charge >= 0.3 is 5.97 Å². The van der Waals surface area contributed by atoms with Gasteiger partial charge in [0.2, 0.25) is 5.91 Å². The summed E-state index contributed by atoms with van der Waals surface area (Å²) in [6, 6.07) is 8.21. The van der Waals surface area contributed by atoms with E-state index in [-0.39, 0.29) is 23.6 Å². The molecule has 0 spiro atoms. The molecular weight excluding hydrogens is 286 g/mol. The van der Waals surface area contributed by atoms with Crippen LogP contribution in [0, 0.1) is 0 Å². The Morgan fingerprint density at radius 3 is 2.71 bits per heavy atom. The predicted octanol–water partition coefficient (Wildman–Crippen LogP) is 2.81. The van der Waals surface area contributed by atoms with Crippen molar-refractivity contribution in [1.82, 2.24) is 4.90 Å². The molecule has 1 aromatic rings. The number of fused-ring (bicyclic) bond motifs is 1. The van der Waals surface area contributed by atoms with Crippen LogP contribution in [0.2, 0.25) is 0 Å². The van der Waals surface area contributed by atoms with E-state index in [2.05, 4.69) is 12.1 Å². The third-order valence-electron chi connectivity index (χ3n) is 3.62. The Labute approximate surface area is 129 Å². The molecule has 1 amide bonds. The monoisotopic (exact) mass is 307 g/mol. The van der Waals surface area contributed by atoms with Crippen molar-refractivity contribution in [2.45, 2.75) is 49.3 Å². The lowest BCUT2D eigenvalue weighted by atomic mass is 10.1. The first kappa shape index (κ1) is 15.9. The van der Waals surface area contributed by atoms with Crippen LogP contribution in [-0.4, -0.2) is 39.7 Å². The molecule has 4 nitrogen and oxygen atoms in total. The highest BCUT2D eigenvalue weighted by molar-refractivity contribution is 8.01. The number of benzene rings is 1. The molecule has 0 aliphatic carbocycles. The average Bonchev–Trinajstić information content (AvgIpc) is 2.86. The number of amides is 1. The molecule has 0 radical (unpaired) electrons. The van der Waals surface area contributed by atoms with E-state index in [0.717, 1.165) is 6.42 Å². The van der Waals surface area contributed by atoms with Gasteiger partial charge in [-0.15, -0.1) is 11.8 Å². The normalized spacial score (nSPS) is 16.8. The molecule has 1 heterocycles. The van der Waals surface area contributed by atoms with Gasteiger partial charge in [0, 0.05) is 23.9 Å². The second-order valence-corrected chi connectivity index (χ2v) is 6.79. The first-order valence-electron chi connectivity index (χ1n) is 7.26. The van der Waals surface area contributed by atoms with E-state index in [4.69, 9.17) is 5.11 Å². The van der Waals surface area contributed by atoms with Crippen LogP contribution in [-0.2, 0) is 16.0 Å². The first-order chi connectivity index (χ1) is 9.99. The number of rotatable bonds is 6. The predicted molar refractivity (Wildman–Crippen MR) is 83.5 cm³/mol. The number of carbonyl (C=O) groups is 2. The SMILES string of the molecule is CC(C)N(CCCC(=O)O)C(=O)C1Cc2ccccc2S1. The highest BCUT2D eigenvalue weighted by atomic mass is 32.2. The molecule has 1 atom stereocenters. The summed E-state index contributed by atoms with van der Waals surface area (Å²) >= 11 is 1.62. The Kier molecular flexibility index (Phi) is 5.28. The lowest BCUT2D eigenvalue weighted by molar-refractivity contribution is -0.138. The van der Waals surface area contributed by atoms with E-state index in [0.29, 0.717) is 13.0 Å². The van der Waals surface area contributed by atoms with E-state index in [9.17, 15) is 9.59 Å². The zero-order chi connectivity index (χ0) is 15.4. The van der Waals surface area contributed by atoms with Crippen LogP contribution in [0.25, 0.3) is 0 Å². The lowest BCUT2D eigenvalue weighted by Crippen LogP contribution is -2.42. The Bertz CT molecular complexity index is 505. The molecule has 1 aliphatic rings. The number of carboxylic acids is 1. The fourth-order valence-corrected chi connectivity index (χ4v) is 3.79. The minimum absolute atomic E-state index is 0.0744. The van der Waals surface area contributed by atoms with Crippen molar-refractivity contribution in [2.24, 2.45) is 0 Å². The van der Waals surface area contributed by atoms with Crippen LogP contribution in [0.5, 0.6) is 0 Å². The zero-order valence-corrected chi connectivity index (χ0v) is 13.2. The fourth-order valence-electron chi connectivity index (χ4n) is 2.53. The summed E-state index contributed by atoms with van der Waals surface area (Å²) in [4.78, 5) is 26.3. The summed E-state index contributed by atoms with van der Waals surface area (Å²) < 4.78 is 0. The summed E-state index contributed by atoms with van der Waals surface area (Å²) in [6.45, 7) is 4.47. The van der Waals surface area contributed by atoms with Crippen LogP contribution < -0.4 is 0 Å². The Balaban J connectivity index is 1.98. The van der Waals surface area contributed by atoms with E-state index < -0.39 is 5.97 Å². The highest BCUT2D eigenvalue weighted by Gasteiger charge is 2.32. The van der Waals surface area contributed by atoms with E-state index in [1.54, 1.807) is 11.8 Å². The second kappa shape index (κ2) is 6.98. The van der Waals surface area contributed by atoms with Crippen molar-refractivity contribution >= 4 is 23.6 Å². The number of carbonyl (C=O) groups excluding carboxylic acids is 1. The molecule has 2 rings (SSSR count). The summed E-state index contributed by atoms with van der Waals surface area (Å²) in [6.07, 6.45) is 1.37. The van der Waals surface area contributed by atoms with E-state index >= 15 is 0 Å². The van der Waals surface area contributed by atoms with Gasteiger partial charge in [-0.05, 0) is 38.3 Å². The van der Waals surface area contributed by atoms with Crippen LogP contribution >= 0.6 is 11.8 Å². The van der Waals surface area contributed by atoms with Crippen molar-refractivity contribution in [1.29, 1.82) is 0 Å². The van der Waals surface area contributed by atoms with Crippen LogP contribution in [0.4, 0.5) is 0 Å². The van der Waals surface area contributed by atoms with Crippen molar-refractivity contribution in [3.8, 4) is 0 Å². The number of aliphatic carboxylic acids is 1. The van der Waals surface area contributed by atoms with Crippen molar-refractivity contribution in [3.05, 3.63) is 29.8 Å². The molecule has 0 aromatic heterocycles. The molecule has 1 aromatic carbocycles. The number of thioether (sulfide) groups is 1. The van der Waals surface area contributed by atoms with Crippen molar-refractivity contribution in [3.63, 3.8) is 0 Å². The third kappa shape index (κ3) is 4.00. The lowest BCUT2D eigenvalue weighted by Gasteiger charge is -2.29. The zero-order valence-electron chi connectivity index (χ0n) is 12.4. The smallest absolute Gasteiger partial charge is 0.303 e. The molecule has 1 N–H and O–H groups in total. The molecule has 5 heteroatoms. The maximum atomic E-state index is 12.7. The van der Waals surface area contributed by atoms with Gasteiger partial charge in [-0.25, -0.2) is 0 Å². The minimum Gasteiger partial charge on any atom is -0.481 e. The third-order valence-corrected chi connectivity index (χ3v) is 4.92. The molecule has 0 bridgehead atoms. The molecular formula is C16H21NO3S. The average molecular weight is 307 g/mol. The summed E-state index contributed by atoms with van der Waals surface area (Å²) in [5, 5.41) is 8.65. The number of carboxylic acid groups (broad SMARTS) is 1. The van der Waals surface area contributed by atoms with Gasteiger partial charge in [0.1, 0.15) is 0 Å². The topological polar surface area (TPSA) is 57.6 Å². The molecule has 21 heavy (non-hydrogen) atoms. The number of nitrogens with zero attached hydrogens (tertiary/aromatic N) is 1. The maximum absolute atomic E-state index is 12.7. The van der Waals surface area contributed by atoms with E-state index in [1.807, 2.05) is 30.9 Å². The van der Waals surface area contributed by atoms with Crippen molar-refractivity contribution in [2.75, 3.05) is 6.54 Å². The van der Waals surface area contributed by atoms with Gasteiger partial charge in [-0.1, -0.05) is 18.2 Å². The highest BCUT2D eigenvalue weighted by Crippen LogP contribution is 2.37. The second-order valence-electron chi connectivity index (χ2n) is 5.54. The van der Waals surface area contributed by atoms with Gasteiger partial charge in [-0.2, -0.15) is 0 Å². The summed E-state index contributed by atoms with van der Waals surface area (Å²) in [5.41, 5.74) is 1.23. The fraction of sp³-hybridized carbons (Fsp3) is 0.500. The molecule has 1 aliphatic heterocycles. The standard InChI is InChI=1S/C16H21NO3S/c1-11(2)17(9-5-8-15(18)19)16(20)14-10-12-6-3-4-7-13(12)21-14/h3-4,6-7,11,14H,5,8-10H2,1-2H3,(H,18,19). The molecule has 0 saturated carbocycles. The minimum atomic E-state index is -0.811. The van der Waals surface area contributed by atoms with Crippen molar-refractivity contribution < 1.29 is 14.7 Å². The van der Waals surface area contributed by atoms with E-state index in [1.165, 1.54) is 10.5 Å². The van der Waals surface area contributed by atoms with Gasteiger partial charge in [-0.3, -0.25) is 9.59 Å². The van der Waals surface area contributed by atoms with Gasteiger partial charge in [0.25, 0.3) is 0 Å². The molecule has 0 saturated heterocycles. The summed E-state index contributed by atoms with van der Waals surface area (Å²) in [5.74, 6) is -0.689.